The first-order valence-electron chi connectivity index (χ1n) is 6.27. The zero-order chi connectivity index (χ0) is 13.4. The second kappa shape index (κ2) is 7.13. The zero-order valence-corrected chi connectivity index (χ0v) is 11.1. The topological polar surface area (TPSA) is 61.4 Å². The van der Waals surface area contributed by atoms with Gasteiger partial charge in [0.05, 0.1) is 12.1 Å². The Morgan fingerprint density at radius 3 is 2.61 bits per heavy atom. The molecule has 1 atom stereocenters. The average molecular weight is 250 g/mol. The molecule has 18 heavy (non-hydrogen) atoms. The van der Waals surface area contributed by atoms with Crippen LogP contribution < -0.4 is 10.6 Å². The van der Waals surface area contributed by atoms with Crippen molar-refractivity contribution in [2.75, 3.05) is 13.1 Å². The Morgan fingerprint density at radius 2 is 2.00 bits per heavy atom. The first kappa shape index (κ1) is 14.7. The maximum atomic E-state index is 11.5. The Morgan fingerprint density at radius 1 is 1.33 bits per heavy atom. The molecule has 0 heterocycles. The molecule has 1 amide bonds. The molecule has 0 aliphatic heterocycles. The Labute approximate surface area is 108 Å². The van der Waals surface area contributed by atoms with Gasteiger partial charge in [0.25, 0.3) is 0 Å². The largest absolute Gasteiger partial charge is 0.389 e. The van der Waals surface area contributed by atoms with Gasteiger partial charge in [-0.2, -0.15) is 0 Å². The third kappa shape index (κ3) is 5.80. The van der Waals surface area contributed by atoms with Crippen molar-refractivity contribution in [2.45, 2.75) is 32.4 Å². The number of benzene rings is 1. The molecule has 0 bridgehead atoms. The number of nitrogens with one attached hydrogen (secondary N) is 2. The van der Waals surface area contributed by atoms with Crippen LogP contribution in [0.15, 0.2) is 30.3 Å². The molecule has 1 aromatic rings. The molecule has 0 saturated carbocycles. The molecule has 1 aromatic carbocycles. The highest BCUT2D eigenvalue weighted by molar-refractivity contribution is 5.77. The van der Waals surface area contributed by atoms with Gasteiger partial charge in [0, 0.05) is 13.1 Å². The van der Waals surface area contributed by atoms with Crippen LogP contribution in [0.5, 0.6) is 0 Å². The minimum Gasteiger partial charge on any atom is -0.389 e. The van der Waals surface area contributed by atoms with E-state index in [-0.39, 0.29) is 12.5 Å². The second-order valence-corrected chi connectivity index (χ2v) is 4.72. The fourth-order valence-corrected chi connectivity index (χ4v) is 1.43. The van der Waals surface area contributed by atoms with Crippen LogP contribution in [0.1, 0.15) is 25.8 Å². The van der Waals surface area contributed by atoms with E-state index in [9.17, 15) is 9.90 Å². The van der Waals surface area contributed by atoms with E-state index in [4.69, 9.17) is 0 Å². The molecule has 1 rings (SSSR count). The van der Waals surface area contributed by atoms with Gasteiger partial charge in [-0.1, -0.05) is 37.3 Å². The molecule has 0 fully saturated rings. The SMILES string of the molecule is CCC(C)(O)CNCC(=O)NCc1ccccc1. The van der Waals surface area contributed by atoms with Gasteiger partial charge in [-0.3, -0.25) is 4.79 Å². The lowest BCUT2D eigenvalue weighted by Gasteiger charge is -2.21. The van der Waals surface area contributed by atoms with Crippen LogP contribution in [0.4, 0.5) is 0 Å². The zero-order valence-electron chi connectivity index (χ0n) is 11.1. The Kier molecular flexibility index (Phi) is 5.82. The lowest BCUT2D eigenvalue weighted by molar-refractivity contribution is -0.120. The summed E-state index contributed by atoms with van der Waals surface area (Å²) in [6.07, 6.45) is 0.658. The number of amides is 1. The van der Waals surface area contributed by atoms with Crippen LogP contribution in [0.3, 0.4) is 0 Å². The minimum absolute atomic E-state index is 0.0641. The molecule has 100 valence electrons. The van der Waals surface area contributed by atoms with Gasteiger partial charge in [0.1, 0.15) is 0 Å². The maximum absolute atomic E-state index is 11.5. The highest BCUT2D eigenvalue weighted by atomic mass is 16.3. The molecule has 0 aliphatic rings. The second-order valence-electron chi connectivity index (χ2n) is 4.72. The first-order valence-corrected chi connectivity index (χ1v) is 6.27. The summed E-state index contributed by atoms with van der Waals surface area (Å²) < 4.78 is 0. The fourth-order valence-electron chi connectivity index (χ4n) is 1.43. The van der Waals surface area contributed by atoms with Crippen LogP contribution in [-0.4, -0.2) is 29.7 Å². The van der Waals surface area contributed by atoms with E-state index in [1.807, 2.05) is 37.3 Å². The maximum Gasteiger partial charge on any atom is 0.234 e. The van der Waals surface area contributed by atoms with Crippen LogP contribution in [0, 0.1) is 0 Å². The summed E-state index contributed by atoms with van der Waals surface area (Å²) in [7, 11) is 0. The summed E-state index contributed by atoms with van der Waals surface area (Å²) >= 11 is 0. The number of aliphatic hydroxyl groups is 1. The van der Waals surface area contributed by atoms with Crippen molar-refractivity contribution < 1.29 is 9.90 Å². The van der Waals surface area contributed by atoms with Gasteiger partial charge in [-0.15, -0.1) is 0 Å². The monoisotopic (exact) mass is 250 g/mol. The van der Waals surface area contributed by atoms with Crippen LogP contribution >= 0.6 is 0 Å². The van der Waals surface area contributed by atoms with E-state index in [1.54, 1.807) is 6.92 Å². The Bertz CT molecular complexity index is 363. The molecule has 4 nitrogen and oxygen atoms in total. The third-order valence-electron chi connectivity index (χ3n) is 2.89. The minimum atomic E-state index is -0.750. The fraction of sp³-hybridized carbons (Fsp3) is 0.500. The number of carbonyl (C=O) groups is 1. The van der Waals surface area contributed by atoms with Crippen molar-refractivity contribution in [1.82, 2.24) is 10.6 Å². The van der Waals surface area contributed by atoms with Crippen LogP contribution in [0.2, 0.25) is 0 Å². The number of hydrogen-bond acceptors (Lipinski definition) is 3. The van der Waals surface area contributed by atoms with Gasteiger partial charge in [0.15, 0.2) is 0 Å². The highest BCUT2D eigenvalue weighted by Gasteiger charge is 2.16. The molecule has 3 N–H and O–H groups in total. The van der Waals surface area contributed by atoms with E-state index in [0.29, 0.717) is 19.5 Å². The van der Waals surface area contributed by atoms with Gasteiger partial charge in [0.2, 0.25) is 5.91 Å². The normalized spacial score (nSPS) is 13.9. The first-order chi connectivity index (χ1) is 8.53. The molecule has 0 saturated heterocycles. The van der Waals surface area contributed by atoms with E-state index < -0.39 is 5.60 Å². The Hall–Kier alpha value is -1.39. The van der Waals surface area contributed by atoms with Crippen molar-refractivity contribution in [3.05, 3.63) is 35.9 Å². The molecule has 1 unspecified atom stereocenters. The van der Waals surface area contributed by atoms with Gasteiger partial charge < -0.3 is 15.7 Å². The van der Waals surface area contributed by atoms with Crippen molar-refractivity contribution in [1.29, 1.82) is 0 Å². The Balaban J connectivity index is 2.19. The molecule has 4 heteroatoms. The predicted octanol–water partition coefficient (Wildman–Crippen LogP) is 1.05. The number of hydrogen-bond donors (Lipinski definition) is 3. The molecule has 0 spiro atoms. The summed E-state index contributed by atoms with van der Waals surface area (Å²) in [5, 5.41) is 15.5. The average Bonchev–Trinajstić information content (AvgIpc) is 2.37. The predicted molar refractivity (Wildman–Crippen MR) is 72.1 cm³/mol. The summed E-state index contributed by atoms with van der Waals surface area (Å²) in [5.74, 6) is -0.0641. The summed E-state index contributed by atoms with van der Waals surface area (Å²) in [5.41, 5.74) is 0.325. The standard InChI is InChI=1S/C14H22N2O2/c1-3-14(2,18)11-15-10-13(17)16-9-12-7-5-4-6-8-12/h4-8,15,18H,3,9-11H2,1-2H3,(H,16,17). The summed E-state index contributed by atoms with van der Waals surface area (Å²) in [4.78, 5) is 11.5. The highest BCUT2D eigenvalue weighted by Crippen LogP contribution is 2.05. The van der Waals surface area contributed by atoms with Gasteiger partial charge in [-0.25, -0.2) is 0 Å². The van der Waals surface area contributed by atoms with E-state index in [0.717, 1.165) is 5.56 Å². The van der Waals surface area contributed by atoms with Gasteiger partial charge in [-0.05, 0) is 18.9 Å². The van der Waals surface area contributed by atoms with Gasteiger partial charge >= 0.3 is 0 Å². The van der Waals surface area contributed by atoms with E-state index >= 15 is 0 Å². The van der Waals surface area contributed by atoms with Crippen molar-refractivity contribution >= 4 is 5.91 Å². The number of rotatable bonds is 7. The summed E-state index contributed by atoms with van der Waals surface area (Å²) in [6, 6.07) is 9.77. The number of carbonyl (C=O) groups excluding carboxylic acids is 1. The lowest BCUT2D eigenvalue weighted by atomic mass is 10.0. The molecular weight excluding hydrogens is 228 g/mol. The molecular formula is C14H22N2O2. The van der Waals surface area contributed by atoms with E-state index in [2.05, 4.69) is 10.6 Å². The third-order valence-corrected chi connectivity index (χ3v) is 2.89. The molecule has 0 aromatic heterocycles. The van der Waals surface area contributed by atoms with Crippen molar-refractivity contribution in [3.8, 4) is 0 Å². The van der Waals surface area contributed by atoms with Crippen LogP contribution in [-0.2, 0) is 11.3 Å². The van der Waals surface area contributed by atoms with Crippen LogP contribution in [0.25, 0.3) is 0 Å². The van der Waals surface area contributed by atoms with E-state index in [1.165, 1.54) is 0 Å². The molecule has 0 aliphatic carbocycles. The summed E-state index contributed by atoms with van der Waals surface area (Å²) in [6.45, 7) is 4.84. The van der Waals surface area contributed by atoms with Crippen molar-refractivity contribution in [3.63, 3.8) is 0 Å². The lowest BCUT2D eigenvalue weighted by Crippen LogP contribution is -2.41. The molecule has 0 radical (unpaired) electrons. The van der Waals surface area contributed by atoms with Crippen molar-refractivity contribution in [2.24, 2.45) is 0 Å². The smallest absolute Gasteiger partial charge is 0.234 e. The quantitative estimate of drug-likeness (QED) is 0.678.